The highest BCUT2D eigenvalue weighted by atomic mass is 15.2. The van der Waals surface area contributed by atoms with Gasteiger partial charge in [-0.3, -0.25) is 9.58 Å². The zero-order chi connectivity index (χ0) is 22.4. The number of nitrogens with zero attached hydrogens (tertiary/aromatic N) is 4. The fourth-order valence-corrected chi connectivity index (χ4v) is 6.41. The highest BCUT2D eigenvalue weighted by molar-refractivity contribution is 5.93. The molecule has 4 nitrogen and oxygen atoms in total. The topological polar surface area (TPSA) is 26.0 Å². The van der Waals surface area contributed by atoms with E-state index >= 15 is 0 Å². The van der Waals surface area contributed by atoms with Gasteiger partial charge in [-0.25, -0.2) is 0 Å². The molecule has 4 heteroatoms. The Morgan fingerprint density at radius 3 is 2.58 bits per heavy atom. The van der Waals surface area contributed by atoms with E-state index in [2.05, 4.69) is 76.2 Å². The third kappa shape index (κ3) is 3.71. The molecule has 6 rings (SSSR count). The van der Waals surface area contributed by atoms with Gasteiger partial charge in [-0.2, -0.15) is 5.10 Å². The molecule has 4 aromatic rings. The molecular formula is C29H34N4. The minimum Gasteiger partial charge on any atom is -0.336 e. The van der Waals surface area contributed by atoms with Crippen LogP contribution in [0.25, 0.3) is 22.2 Å². The van der Waals surface area contributed by atoms with Crippen LogP contribution in [0, 0.1) is 0 Å². The molecule has 0 N–H and O–H groups in total. The van der Waals surface area contributed by atoms with Gasteiger partial charge in [0.1, 0.15) is 0 Å². The van der Waals surface area contributed by atoms with E-state index in [4.69, 9.17) is 0 Å². The Bertz CT molecular complexity index is 1270. The molecule has 2 aromatic heterocycles. The normalized spacial score (nSPS) is 19.8. The molecule has 1 atom stereocenters. The van der Waals surface area contributed by atoms with Crippen LogP contribution in [-0.4, -0.2) is 25.8 Å². The number of fused-ring (bicyclic) bond motifs is 5. The Kier molecular flexibility index (Phi) is 5.34. The first kappa shape index (κ1) is 20.7. The summed E-state index contributed by atoms with van der Waals surface area (Å²) in [5.74, 6) is 0.672. The Balaban J connectivity index is 1.53. The fraction of sp³-hybridized carbons (Fsp3) is 0.414. The molecule has 3 heterocycles. The standard InChI is InChI=1S/C29H34N4/c1-21-17-32(19-22-16-30-31(2)18-22)20-24-12-6-7-13-25(24)29-28(23-10-4-3-5-11-23)26-14-8-9-15-27(26)33(21)29/h6-9,12-16,18,21,23H,3-5,10-11,17,19-20H2,1-2H3. The van der Waals surface area contributed by atoms with Crippen LogP contribution < -0.4 is 0 Å². The zero-order valence-corrected chi connectivity index (χ0v) is 19.9. The van der Waals surface area contributed by atoms with Crippen LogP contribution in [0.4, 0.5) is 0 Å². The van der Waals surface area contributed by atoms with Crippen molar-refractivity contribution in [1.82, 2.24) is 19.2 Å². The first-order valence-electron chi connectivity index (χ1n) is 12.6. The Hall–Kier alpha value is -2.85. The number of aryl methyl sites for hydroxylation is 1. The maximum Gasteiger partial charge on any atom is 0.0534 e. The lowest BCUT2D eigenvalue weighted by atomic mass is 9.81. The first-order valence-corrected chi connectivity index (χ1v) is 12.6. The van der Waals surface area contributed by atoms with Crippen LogP contribution in [0.5, 0.6) is 0 Å². The summed E-state index contributed by atoms with van der Waals surface area (Å²) in [6.45, 7) is 5.33. The lowest BCUT2D eigenvalue weighted by Gasteiger charge is -2.33. The smallest absolute Gasteiger partial charge is 0.0534 e. The third-order valence-corrected chi connectivity index (χ3v) is 7.76. The van der Waals surface area contributed by atoms with E-state index in [0.717, 1.165) is 19.6 Å². The van der Waals surface area contributed by atoms with Gasteiger partial charge in [0, 0.05) is 61.0 Å². The van der Waals surface area contributed by atoms with Crippen molar-refractivity contribution < 1.29 is 0 Å². The van der Waals surface area contributed by atoms with Crippen LogP contribution in [0.1, 0.15) is 67.7 Å². The molecule has 2 aliphatic rings. The summed E-state index contributed by atoms with van der Waals surface area (Å²) < 4.78 is 4.58. The second kappa shape index (κ2) is 8.49. The summed E-state index contributed by atoms with van der Waals surface area (Å²) in [7, 11) is 2.00. The molecule has 1 aliphatic heterocycles. The van der Waals surface area contributed by atoms with Gasteiger partial charge in [-0.05, 0) is 42.9 Å². The Labute approximate surface area is 196 Å². The van der Waals surface area contributed by atoms with E-state index in [-0.39, 0.29) is 0 Å². The monoisotopic (exact) mass is 438 g/mol. The van der Waals surface area contributed by atoms with E-state index in [1.807, 2.05) is 17.9 Å². The van der Waals surface area contributed by atoms with E-state index in [1.54, 1.807) is 5.56 Å². The van der Waals surface area contributed by atoms with Gasteiger partial charge in [0.05, 0.1) is 11.9 Å². The second-order valence-electron chi connectivity index (χ2n) is 10.2. The minimum absolute atomic E-state index is 0.396. The minimum atomic E-state index is 0.396. The van der Waals surface area contributed by atoms with Gasteiger partial charge in [-0.15, -0.1) is 0 Å². The maximum absolute atomic E-state index is 4.40. The molecular weight excluding hydrogens is 404 g/mol. The molecule has 170 valence electrons. The lowest BCUT2D eigenvalue weighted by molar-refractivity contribution is 0.221. The quantitative estimate of drug-likeness (QED) is 0.357. The molecule has 0 radical (unpaired) electrons. The van der Waals surface area contributed by atoms with E-state index in [0.29, 0.717) is 12.0 Å². The summed E-state index contributed by atoms with van der Waals surface area (Å²) in [5.41, 5.74) is 8.66. The molecule has 0 spiro atoms. The van der Waals surface area contributed by atoms with E-state index in [1.165, 1.54) is 65.4 Å². The van der Waals surface area contributed by atoms with Crippen LogP contribution in [0.3, 0.4) is 0 Å². The number of hydrogen-bond donors (Lipinski definition) is 0. The van der Waals surface area contributed by atoms with E-state index < -0.39 is 0 Å². The highest BCUT2D eigenvalue weighted by Crippen LogP contribution is 2.46. The van der Waals surface area contributed by atoms with Crippen molar-refractivity contribution >= 4 is 10.9 Å². The number of para-hydroxylation sites is 1. The predicted molar refractivity (Wildman–Crippen MR) is 135 cm³/mol. The van der Waals surface area contributed by atoms with Crippen molar-refractivity contribution in [2.45, 2.75) is 64.1 Å². The summed E-state index contributed by atoms with van der Waals surface area (Å²) in [6.07, 6.45) is 10.9. The average molecular weight is 439 g/mol. The Morgan fingerprint density at radius 1 is 0.970 bits per heavy atom. The SMILES string of the molecule is CC1CN(Cc2cnn(C)c2)Cc2ccccc2-c2c(C3CCCCC3)c3ccccc3n21. The van der Waals surface area contributed by atoms with Crippen LogP contribution >= 0.6 is 0 Å². The molecule has 1 aliphatic carbocycles. The van der Waals surface area contributed by atoms with Crippen LogP contribution in [-0.2, 0) is 20.1 Å². The molecule has 1 fully saturated rings. The summed E-state index contributed by atoms with van der Waals surface area (Å²) >= 11 is 0. The summed E-state index contributed by atoms with van der Waals surface area (Å²) in [6, 6.07) is 18.7. The summed E-state index contributed by atoms with van der Waals surface area (Å²) in [5, 5.41) is 5.88. The maximum atomic E-state index is 4.40. The van der Waals surface area contributed by atoms with Crippen molar-refractivity contribution in [3.05, 3.63) is 77.6 Å². The second-order valence-corrected chi connectivity index (χ2v) is 10.2. The van der Waals surface area contributed by atoms with Crippen molar-refractivity contribution in [3.8, 4) is 11.3 Å². The van der Waals surface area contributed by atoms with Gasteiger partial charge < -0.3 is 4.57 Å². The molecule has 2 aromatic carbocycles. The van der Waals surface area contributed by atoms with Crippen LogP contribution in [0.15, 0.2) is 60.9 Å². The molecule has 0 amide bonds. The van der Waals surface area contributed by atoms with Gasteiger partial charge in [-0.1, -0.05) is 61.7 Å². The van der Waals surface area contributed by atoms with Gasteiger partial charge in [0.25, 0.3) is 0 Å². The zero-order valence-electron chi connectivity index (χ0n) is 19.9. The van der Waals surface area contributed by atoms with Crippen molar-refractivity contribution in [3.63, 3.8) is 0 Å². The number of aromatic nitrogens is 3. The van der Waals surface area contributed by atoms with Gasteiger partial charge in [0.2, 0.25) is 0 Å². The van der Waals surface area contributed by atoms with Crippen LogP contribution in [0.2, 0.25) is 0 Å². The average Bonchev–Trinajstić information content (AvgIpc) is 3.39. The molecule has 1 unspecified atom stereocenters. The van der Waals surface area contributed by atoms with Gasteiger partial charge in [0.15, 0.2) is 0 Å². The largest absolute Gasteiger partial charge is 0.336 e. The third-order valence-electron chi connectivity index (χ3n) is 7.76. The molecule has 0 bridgehead atoms. The van der Waals surface area contributed by atoms with Crippen molar-refractivity contribution in [2.24, 2.45) is 7.05 Å². The first-order chi connectivity index (χ1) is 16.2. The van der Waals surface area contributed by atoms with Gasteiger partial charge >= 0.3 is 0 Å². The molecule has 0 saturated heterocycles. The molecule has 1 saturated carbocycles. The van der Waals surface area contributed by atoms with Crippen molar-refractivity contribution in [2.75, 3.05) is 6.54 Å². The predicted octanol–water partition coefficient (Wildman–Crippen LogP) is 6.67. The molecule has 33 heavy (non-hydrogen) atoms. The fourth-order valence-electron chi connectivity index (χ4n) is 6.41. The summed E-state index contributed by atoms with van der Waals surface area (Å²) in [4.78, 5) is 2.60. The highest BCUT2D eigenvalue weighted by Gasteiger charge is 2.31. The number of hydrogen-bond acceptors (Lipinski definition) is 2. The van der Waals surface area contributed by atoms with Crippen molar-refractivity contribution in [1.29, 1.82) is 0 Å². The Morgan fingerprint density at radius 2 is 1.76 bits per heavy atom. The number of benzene rings is 2. The van der Waals surface area contributed by atoms with E-state index in [9.17, 15) is 0 Å². The number of rotatable bonds is 3. The lowest BCUT2D eigenvalue weighted by Crippen LogP contribution is -2.31.